The highest BCUT2D eigenvalue weighted by Gasteiger charge is 2.29. The Kier molecular flexibility index (Phi) is 3.07. The molecule has 1 aliphatic carbocycles. The van der Waals surface area contributed by atoms with Gasteiger partial charge in [0.1, 0.15) is 5.67 Å². The number of hydrogen-bond donors (Lipinski definition) is 1. The third-order valence-corrected chi connectivity index (χ3v) is 2.71. The van der Waals surface area contributed by atoms with Gasteiger partial charge in [-0.25, -0.2) is 4.39 Å². The number of nitrogens with zero attached hydrogens (tertiary/aromatic N) is 2. The number of halogens is 1. The molecule has 0 saturated heterocycles. The second-order valence-corrected chi connectivity index (χ2v) is 4.09. The molecule has 0 fully saturated rings. The fourth-order valence-electron chi connectivity index (χ4n) is 1.85. The number of rotatable bonds is 2. The molecule has 1 unspecified atom stereocenters. The Balaban J connectivity index is 1.98. The quantitative estimate of drug-likeness (QED) is 0.764. The number of hydrogen-bond acceptors (Lipinski definition) is 3. The second-order valence-electron chi connectivity index (χ2n) is 4.09. The van der Waals surface area contributed by atoms with Crippen molar-refractivity contribution < 1.29 is 4.39 Å². The first-order valence-corrected chi connectivity index (χ1v) is 5.32. The third-order valence-electron chi connectivity index (χ3n) is 2.71. The maximum atomic E-state index is 14.3. The molecule has 0 aromatic rings. The SMILES string of the molecule is N#CC1=CCC(F)(CN2C=CCNC2)C=C1. The number of nitriles is 1. The molecule has 0 saturated carbocycles. The Morgan fingerprint density at radius 1 is 1.62 bits per heavy atom. The molecule has 16 heavy (non-hydrogen) atoms. The molecule has 4 heteroatoms. The molecule has 0 spiro atoms. The Morgan fingerprint density at radius 2 is 2.50 bits per heavy atom. The smallest absolute Gasteiger partial charge is 0.150 e. The van der Waals surface area contributed by atoms with Crippen molar-refractivity contribution in [2.75, 3.05) is 19.8 Å². The van der Waals surface area contributed by atoms with Crippen LogP contribution in [-0.4, -0.2) is 30.3 Å². The molecule has 0 radical (unpaired) electrons. The molecule has 0 bridgehead atoms. The van der Waals surface area contributed by atoms with Crippen LogP contribution in [0.25, 0.3) is 0 Å². The van der Waals surface area contributed by atoms with E-state index in [1.165, 1.54) is 6.08 Å². The fraction of sp³-hybridized carbons (Fsp3) is 0.417. The number of alkyl halides is 1. The summed E-state index contributed by atoms with van der Waals surface area (Å²) in [6, 6.07) is 2.01. The van der Waals surface area contributed by atoms with E-state index in [4.69, 9.17) is 5.26 Å². The van der Waals surface area contributed by atoms with Crippen LogP contribution in [0.3, 0.4) is 0 Å². The standard InChI is InChI=1S/C12H14FN3/c13-12(4-2-11(8-14)3-5-12)9-16-7-1-6-15-10-16/h1-4,7,15H,5-6,9-10H2. The molecule has 1 aliphatic heterocycles. The van der Waals surface area contributed by atoms with Crippen molar-refractivity contribution >= 4 is 0 Å². The average molecular weight is 219 g/mol. The van der Waals surface area contributed by atoms with Gasteiger partial charge >= 0.3 is 0 Å². The summed E-state index contributed by atoms with van der Waals surface area (Å²) >= 11 is 0. The Morgan fingerprint density at radius 3 is 3.06 bits per heavy atom. The molecule has 1 atom stereocenters. The van der Waals surface area contributed by atoms with Gasteiger partial charge in [0.15, 0.2) is 0 Å². The highest BCUT2D eigenvalue weighted by atomic mass is 19.1. The molecular formula is C12H14FN3. The molecule has 0 aromatic heterocycles. The van der Waals surface area contributed by atoms with Crippen molar-refractivity contribution in [3.05, 3.63) is 36.1 Å². The summed E-state index contributed by atoms with van der Waals surface area (Å²) in [4.78, 5) is 1.90. The van der Waals surface area contributed by atoms with Gasteiger partial charge < -0.3 is 4.90 Å². The number of allylic oxidation sites excluding steroid dienone is 3. The van der Waals surface area contributed by atoms with E-state index in [2.05, 4.69) is 5.32 Å². The van der Waals surface area contributed by atoms with Crippen molar-refractivity contribution in [3.63, 3.8) is 0 Å². The minimum atomic E-state index is -1.36. The van der Waals surface area contributed by atoms with Gasteiger partial charge in [-0.3, -0.25) is 5.32 Å². The van der Waals surface area contributed by atoms with Crippen LogP contribution in [0.2, 0.25) is 0 Å². The second kappa shape index (κ2) is 4.50. The van der Waals surface area contributed by atoms with Crippen molar-refractivity contribution in [1.82, 2.24) is 10.2 Å². The van der Waals surface area contributed by atoms with Crippen LogP contribution in [0.15, 0.2) is 36.1 Å². The van der Waals surface area contributed by atoms with Crippen molar-refractivity contribution in [3.8, 4) is 6.07 Å². The van der Waals surface area contributed by atoms with Crippen LogP contribution >= 0.6 is 0 Å². The van der Waals surface area contributed by atoms with Gasteiger partial charge in [0.2, 0.25) is 0 Å². The molecule has 0 aromatic carbocycles. The predicted octanol–water partition coefficient (Wildman–Crippen LogP) is 1.48. The highest BCUT2D eigenvalue weighted by Crippen LogP contribution is 2.26. The van der Waals surface area contributed by atoms with E-state index in [0.717, 1.165) is 6.54 Å². The monoisotopic (exact) mass is 219 g/mol. The van der Waals surface area contributed by atoms with Gasteiger partial charge in [-0.1, -0.05) is 12.2 Å². The number of nitrogens with one attached hydrogen (secondary N) is 1. The maximum absolute atomic E-state index is 14.3. The summed E-state index contributed by atoms with van der Waals surface area (Å²) in [6.45, 7) is 1.83. The van der Waals surface area contributed by atoms with Crippen molar-refractivity contribution in [1.29, 1.82) is 5.26 Å². The van der Waals surface area contributed by atoms with E-state index < -0.39 is 5.67 Å². The third kappa shape index (κ3) is 2.50. The molecule has 1 heterocycles. The summed E-state index contributed by atoms with van der Waals surface area (Å²) in [5, 5.41) is 11.8. The Labute approximate surface area is 94.5 Å². The van der Waals surface area contributed by atoms with Gasteiger partial charge in [0, 0.05) is 18.5 Å². The Bertz CT molecular complexity index is 392. The Hall–Kier alpha value is -1.60. The van der Waals surface area contributed by atoms with E-state index in [-0.39, 0.29) is 6.42 Å². The van der Waals surface area contributed by atoms with E-state index in [1.54, 1.807) is 12.2 Å². The van der Waals surface area contributed by atoms with Crippen LogP contribution < -0.4 is 5.32 Å². The summed E-state index contributed by atoms with van der Waals surface area (Å²) in [5.41, 5.74) is -0.815. The molecule has 2 rings (SSSR count). The highest BCUT2D eigenvalue weighted by molar-refractivity contribution is 5.38. The van der Waals surface area contributed by atoms with Crippen LogP contribution in [0.1, 0.15) is 6.42 Å². The van der Waals surface area contributed by atoms with Crippen LogP contribution in [0.4, 0.5) is 4.39 Å². The van der Waals surface area contributed by atoms with Gasteiger partial charge in [0.05, 0.1) is 19.3 Å². The normalized spacial score (nSPS) is 28.8. The fourth-order valence-corrected chi connectivity index (χ4v) is 1.85. The van der Waals surface area contributed by atoms with Crippen LogP contribution in [-0.2, 0) is 0 Å². The lowest BCUT2D eigenvalue weighted by atomic mass is 9.93. The zero-order chi connectivity index (χ0) is 11.4. The van der Waals surface area contributed by atoms with E-state index in [1.807, 2.05) is 23.2 Å². The first-order valence-electron chi connectivity index (χ1n) is 5.32. The average Bonchev–Trinajstić information content (AvgIpc) is 2.31. The van der Waals surface area contributed by atoms with Gasteiger partial charge in [0.25, 0.3) is 0 Å². The zero-order valence-electron chi connectivity index (χ0n) is 8.99. The first kappa shape index (κ1) is 10.9. The van der Waals surface area contributed by atoms with Crippen LogP contribution in [0, 0.1) is 11.3 Å². The van der Waals surface area contributed by atoms with Crippen molar-refractivity contribution in [2.45, 2.75) is 12.1 Å². The molecule has 2 aliphatic rings. The van der Waals surface area contributed by atoms with E-state index in [9.17, 15) is 4.39 Å². The minimum Gasteiger partial charge on any atom is -0.362 e. The molecule has 84 valence electrons. The topological polar surface area (TPSA) is 39.1 Å². The summed E-state index contributed by atoms with van der Waals surface area (Å²) in [7, 11) is 0. The maximum Gasteiger partial charge on any atom is 0.150 e. The lowest BCUT2D eigenvalue weighted by molar-refractivity contribution is 0.158. The summed E-state index contributed by atoms with van der Waals surface area (Å²) in [5.74, 6) is 0. The molecule has 3 nitrogen and oxygen atoms in total. The van der Waals surface area contributed by atoms with Crippen LogP contribution in [0.5, 0.6) is 0 Å². The van der Waals surface area contributed by atoms with E-state index in [0.29, 0.717) is 18.8 Å². The molecular weight excluding hydrogens is 205 g/mol. The van der Waals surface area contributed by atoms with Gasteiger partial charge in [-0.05, 0) is 18.4 Å². The largest absolute Gasteiger partial charge is 0.362 e. The van der Waals surface area contributed by atoms with Crippen molar-refractivity contribution in [2.24, 2.45) is 0 Å². The first-order chi connectivity index (χ1) is 7.72. The molecule has 0 amide bonds. The van der Waals surface area contributed by atoms with Gasteiger partial charge in [-0.15, -0.1) is 0 Å². The zero-order valence-corrected chi connectivity index (χ0v) is 8.99. The lowest BCUT2D eigenvalue weighted by Crippen LogP contribution is -2.42. The lowest BCUT2D eigenvalue weighted by Gasteiger charge is -2.32. The van der Waals surface area contributed by atoms with E-state index >= 15 is 0 Å². The summed E-state index contributed by atoms with van der Waals surface area (Å²) in [6.07, 6.45) is 8.86. The summed E-state index contributed by atoms with van der Waals surface area (Å²) < 4.78 is 14.3. The molecule has 1 N–H and O–H groups in total. The minimum absolute atomic E-state index is 0.275. The van der Waals surface area contributed by atoms with Gasteiger partial charge in [-0.2, -0.15) is 5.26 Å². The predicted molar refractivity (Wildman–Crippen MR) is 60.0 cm³/mol.